The summed E-state index contributed by atoms with van der Waals surface area (Å²) in [6.07, 6.45) is 15.9. The molecule has 0 atom stereocenters. The number of hydrogen-bond donors (Lipinski definition) is 0. The van der Waals surface area contributed by atoms with E-state index in [4.69, 9.17) is 0 Å². The van der Waals surface area contributed by atoms with Gasteiger partial charge in [0.1, 0.15) is 18.9 Å². The first kappa shape index (κ1) is 20.2. The number of hydrogen-bond acceptors (Lipinski definition) is 2. The molecule has 0 aliphatic carbocycles. The summed E-state index contributed by atoms with van der Waals surface area (Å²) in [6, 6.07) is 6.97. The van der Waals surface area contributed by atoms with Crippen LogP contribution in [-0.4, -0.2) is 10.5 Å². The monoisotopic (exact) mass is 356 g/mol. The van der Waals surface area contributed by atoms with Gasteiger partial charge in [-0.1, -0.05) is 76.1 Å². The zero-order valence-corrected chi connectivity index (χ0v) is 16.2. The summed E-state index contributed by atoms with van der Waals surface area (Å²) in [6.45, 7) is 3.02. The molecule has 142 valence electrons. The third kappa shape index (κ3) is 6.32. The number of aromatic carboxylic acids is 1. The van der Waals surface area contributed by atoms with Gasteiger partial charge in [-0.15, -0.1) is 0 Å². The lowest BCUT2D eigenvalue weighted by Gasteiger charge is -2.06. The number of rotatable bonds is 12. The van der Waals surface area contributed by atoms with Crippen LogP contribution in [0, 0.1) is 0 Å². The highest BCUT2D eigenvalue weighted by Crippen LogP contribution is 2.12. The van der Waals surface area contributed by atoms with Gasteiger partial charge in [0.2, 0.25) is 0 Å². The summed E-state index contributed by atoms with van der Waals surface area (Å²) in [4.78, 5) is 10.9. The molecule has 4 heteroatoms. The van der Waals surface area contributed by atoms with Gasteiger partial charge in [0, 0.05) is 6.42 Å². The first-order valence-electron chi connectivity index (χ1n) is 9.95. The molecule has 0 bridgehead atoms. The van der Waals surface area contributed by atoms with Crippen LogP contribution in [0.1, 0.15) is 80.0 Å². The Morgan fingerprint density at radius 1 is 1.00 bits per heavy atom. The van der Waals surface area contributed by atoms with E-state index in [2.05, 4.69) is 35.5 Å². The van der Waals surface area contributed by atoms with Crippen molar-refractivity contribution in [3.8, 4) is 0 Å². The molecule has 0 aliphatic heterocycles. The van der Waals surface area contributed by atoms with Gasteiger partial charge in [0.25, 0.3) is 5.82 Å². The highest BCUT2D eigenvalue weighted by atomic mass is 16.4. The summed E-state index contributed by atoms with van der Waals surface area (Å²) in [5.41, 5.74) is 1.33. The topological polar surface area (TPSA) is 48.9 Å². The van der Waals surface area contributed by atoms with Crippen molar-refractivity contribution in [1.82, 2.24) is 4.57 Å². The van der Waals surface area contributed by atoms with E-state index in [9.17, 15) is 9.90 Å². The van der Waals surface area contributed by atoms with Gasteiger partial charge >= 0.3 is 0 Å². The van der Waals surface area contributed by atoms with E-state index < -0.39 is 5.97 Å². The summed E-state index contributed by atoms with van der Waals surface area (Å²) >= 11 is 0. The molecule has 26 heavy (non-hydrogen) atoms. The van der Waals surface area contributed by atoms with Crippen LogP contribution in [0.4, 0.5) is 0 Å². The SMILES string of the molecule is CCCCCCCCCCc1n(Cc2ccc(C(=O)[O-])cc2)cc[n+]1C. The molecule has 2 rings (SSSR count). The Kier molecular flexibility index (Phi) is 8.39. The number of carboxylic acids is 1. The standard InChI is InChI=1S/C22H32N2O2/c1-3-4-5-6-7-8-9-10-11-21-23(2)16-17-24(21)18-19-12-14-20(15-13-19)22(25)26/h12-17H,3-11,18H2,1-2H3. The predicted octanol–water partition coefficient (Wildman–Crippen LogP) is 3.41. The van der Waals surface area contributed by atoms with Gasteiger partial charge in [-0.25, -0.2) is 9.13 Å². The van der Waals surface area contributed by atoms with Gasteiger partial charge in [-0.2, -0.15) is 0 Å². The average molecular weight is 357 g/mol. The molecule has 0 spiro atoms. The molecular formula is C22H32N2O2. The Labute approximate surface area is 157 Å². The minimum Gasteiger partial charge on any atom is -0.545 e. The van der Waals surface area contributed by atoms with Gasteiger partial charge in [0.05, 0.1) is 13.0 Å². The summed E-state index contributed by atoms with van der Waals surface area (Å²) in [7, 11) is 2.09. The fourth-order valence-corrected chi connectivity index (χ4v) is 3.38. The third-order valence-corrected chi connectivity index (χ3v) is 5.01. The number of nitrogens with zero attached hydrogens (tertiary/aromatic N) is 2. The second-order valence-corrected chi connectivity index (χ2v) is 7.16. The molecule has 1 aromatic carbocycles. The highest BCUT2D eigenvalue weighted by molar-refractivity contribution is 5.85. The number of benzene rings is 1. The number of aromatic nitrogens is 2. The van der Waals surface area contributed by atoms with Crippen molar-refractivity contribution < 1.29 is 14.5 Å². The maximum atomic E-state index is 10.9. The number of carbonyl (C=O) groups excluding carboxylic acids is 1. The fourth-order valence-electron chi connectivity index (χ4n) is 3.38. The molecule has 0 N–H and O–H groups in total. The van der Waals surface area contributed by atoms with Gasteiger partial charge < -0.3 is 9.90 Å². The maximum Gasteiger partial charge on any atom is 0.256 e. The number of carbonyl (C=O) groups is 1. The van der Waals surface area contributed by atoms with Crippen molar-refractivity contribution in [2.24, 2.45) is 7.05 Å². The number of carboxylic acid groups (broad SMARTS) is 1. The van der Waals surface area contributed by atoms with Gasteiger partial charge in [-0.05, 0) is 17.5 Å². The molecule has 0 radical (unpaired) electrons. The van der Waals surface area contributed by atoms with Crippen molar-refractivity contribution in [3.05, 3.63) is 53.6 Å². The van der Waals surface area contributed by atoms with E-state index in [0.717, 1.165) is 18.5 Å². The Morgan fingerprint density at radius 2 is 1.62 bits per heavy atom. The predicted molar refractivity (Wildman–Crippen MR) is 102 cm³/mol. The summed E-state index contributed by atoms with van der Waals surface area (Å²) in [5, 5.41) is 10.9. The Balaban J connectivity index is 1.81. The van der Waals surface area contributed by atoms with E-state index in [1.807, 2.05) is 12.1 Å². The lowest BCUT2D eigenvalue weighted by atomic mass is 10.1. The number of unbranched alkanes of at least 4 members (excludes halogenated alkanes) is 7. The number of imidazole rings is 1. The molecule has 1 heterocycles. The zero-order valence-electron chi connectivity index (χ0n) is 16.2. The lowest BCUT2D eigenvalue weighted by molar-refractivity contribution is -0.678. The van der Waals surface area contributed by atoms with Crippen molar-refractivity contribution >= 4 is 5.97 Å². The lowest BCUT2D eigenvalue weighted by Crippen LogP contribution is -2.32. The van der Waals surface area contributed by atoms with E-state index in [1.165, 1.54) is 57.2 Å². The van der Waals surface area contributed by atoms with Crippen molar-refractivity contribution in [2.75, 3.05) is 0 Å². The molecular weight excluding hydrogens is 324 g/mol. The first-order valence-corrected chi connectivity index (χ1v) is 9.95. The van der Waals surface area contributed by atoms with Crippen molar-refractivity contribution in [1.29, 1.82) is 0 Å². The molecule has 0 amide bonds. The first-order chi connectivity index (χ1) is 12.6. The van der Waals surface area contributed by atoms with Gasteiger partial charge in [-0.3, -0.25) is 0 Å². The maximum absolute atomic E-state index is 10.9. The molecule has 0 fully saturated rings. The van der Waals surface area contributed by atoms with Crippen LogP contribution in [0.25, 0.3) is 0 Å². The van der Waals surface area contributed by atoms with Crippen LogP contribution < -0.4 is 9.67 Å². The third-order valence-electron chi connectivity index (χ3n) is 5.01. The Morgan fingerprint density at radius 3 is 2.23 bits per heavy atom. The molecule has 0 saturated heterocycles. The normalized spacial score (nSPS) is 11.0. The largest absolute Gasteiger partial charge is 0.545 e. The van der Waals surface area contributed by atoms with Crippen LogP contribution in [-0.2, 0) is 20.0 Å². The molecule has 2 aromatic rings. The van der Waals surface area contributed by atoms with Crippen LogP contribution >= 0.6 is 0 Å². The van der Waals surface area contributed by atoms with Crippen LogP contribution in [0.3, 0.4) is 0 Å². The molecule has 0 saturated carbocycles. The smallest absolute Gasteiger partial charge is 0.256 e. The Bertz CT molecular complexity index is 674. The summed E-state index contributed by atoms with van der Waals surface area (Å²) in [5.74, 6) is 0.194. The summed E-state index contributed by atoms with van der Waals surface area (Å²) < 4.78 is 4.45. The molecule has 0 unspecified atom stereocenters. The quantitative estimate of drug-likeness (QED) is 0.432. The van der Waals surface area contributed by atoms with Gasteiger partial charge in [0.15, 0.2) is 0 Å². The van der Waals surface area contributed by atoms with Crippen molar-refractivity contribution in [3.63, 3.8) is 0 Å². The highest BCUT2D eigenvalue weighted by Gasteiger charge is 2.14. The average Bonchev–Trinajstić information content (AvgIpc) is 2.97. The molecule has 0 aliphatic rings. The van der Waals surface area contributed by atoms with Crippen LogP contribution in [0.5, 0.6) is 0 Å². The van der Waals surface area contributed by atoms with E-state index in [0.29, 0.717) is 0 Å². The van der Waals surface area contributed by atoms with E-state index in [-0.39, 0.29) is 5.56 Å². The number of aryl methyl sites for hydroxylation is 1. The second kappa shape index (κ2) is 10.8. The minimum absolute atomic E-state index is 0.228. The Hall–Kier alpha value is -2.10. The van der Waals surface area contributed by atoms with Crippen LogP contribution in [0.15, 0.2) is 36.7 Å². The molecule has 4 nitrogen and oxygen atoms in total. The second-order valence-electron chi connectivity index (χ2n) is 7.16. The van der Waals surface area contributed by atoms with Crippen LogP contribution in [0.2, 0.25) is 0 Å². The van der Waals surface area contributed by atoms with E-state index in [1.54, 1.807) is 12.1 Å². The molecule has 1 aromatic heterocycles. The zero-order chi connectivity index (χ0) is 18.8. The minimum atomic E-state index is -1.13. The van der Waals surface area contributed by atoms with Crippen molar-refractivity contribution in [2.45, 2.75) is 71.3 Å². The van der Waals surface area contributed by atoms with E-state index >= 15 is 0 Å². The fraction of sp³-hybridized carbons (Fsp3) is 0.545.